The molecule has 3 aromatic rings. The van der Waals surface area contributed by atoms with E-state index < -0.39 is 52.2 Å². The average molecular weight is 551 g/mol. The Kier molecular flexibility index (Phi) is 8.87. The molecular formula is C30H28F6O3. The van der Waals surface area contributed by atoms with Gasteiger partial charge in [0.05, 0.1) is 12.2 Å². The Labute approximate surface area is 222 Å². The fourth-order valence-electron chi connectivity index (χ4n) is 4.91. The maximum absolute atomic E-state index is 15.0. The van der Waals surface area contributed by atoms with E-state index in [-0.39, 0.29) is 40.9 Å². The highest BCUT2D eigenvalue weighted by atomic mass is 19.2. The molecule has 9 heteroatoms. The molecule has 0 bridgehead atoms. The normalized spacial score (nSPS) is 17.2. The van der Waals surface area contributed by atoms with Gasteiger partial charge in [-0.1, -0.05) is 31.5 Å². The summed E-state index contributed by atoms with van der Waals surface area (Å²) in [5.74, 6) is -10.5. The maximum atomic E-state index is 15.0. The Morgan fingerprint density at radius 2 is 1.26 bits per heavy atom. The number of hydrogen-bond donors (Lipinski definition) is 0. The molecule has 1 saturated carbocycles. The van der Waals surface area contributed by atoms with Crippen LogP contribution in [0.25, 0.3) is 0 Å². The van der Waals surface area contributed by atoms with Crippen molar-refractivity contribution in [2.24, 2.45) is 0 Å². The minimum Gasteiger partial charge on any atom is -0.490 e. The predicted molar refractivity (Wildman–Crippen MR) is 133 cm³/mol. The summed E-state index contributed by atoms with van der Waals surface area (Å²) in [7, 11) is 0. The van der Waals surface area contributed by atoms with Gasteiger partial charge in [-0.05, 0) is 85.8 Å². The zero-order valence-electron chi connectivity index (χ0n) is 21.6. The molecule has 1 aliphatic rings. The van der Waals surface area contributed by atoms with E-state index in [9.17, 15) is 31.1 Å². The predicted octanol–water partition coefficient (Wildman–Crippen LogP) is 8.67. The molecule has 39 heavy (non-hydrogen) atoms. The Balaban J connectivity index is 1.45. The van der Waals surface area contributed by atoms with Gasteiger partial charge < -0.3 is 9.47 Å². The number of benzene rings is 3. The van der Waals surface area contributed by atoms with Crippen molar-refractivity contribution in [3.63, 3.8) is 0 Å². The van der Waals surface area contributed by atoms with Gasteiger partial charge in [-0.25, -0.2) is 22.4 Å². The molecule has 208 valence electrons. The summed E-state index contributed by atoms with van der Waals surface area (Å²) in [4.78, 5) is 12.4. The second kappa shape index (κ2) is 12.1. The first kappa shape index (κ1) is 28.5. The number of ether oxygens (including phenoxy) is 2. The van der Waals surface area contributed by atoms with Crippen molar-refractivity contribution < 1.29 is 40.6 Å². The van der Waals surface area contributed by atoms with Crippen molar-refractivity contribution in [1.29, 1.82) is 0 Å². The van der Waals surface area contributed by atoms with Gasteiger partial charge >= 0.3 is 5.97 Å². The molecule has 0 aliphatic heterocycles. The fraction of sp³-hybridized carbons (Fsp3) is 0.367. The molecule has 0 saturated heterocycles. The van der Waals surface area contributed by atoms with Crippen LogP contribution in [0, 0.1) is 41.8 Å². The van der Waals surface area contributed by atoms with Crippen LogP contribution >= 0.6 is 0 Å². The molecule has 0 spiro atoms. The SMILES string of the molecule is CCCCOc1ccc(C(=O)Oc2ccc(C3CCC(c4ccc(C)c(F)c4F)CC3)c(F)c2F)c(F)c1F. The molecule has 0 atom stereocenters. The third kappa shape index (κ3) is 5.92. The Bertz CT molecular complexity index is 1370. The highest BCUT2D eigenvalue weighted by molar-refractivity contribution is 5.91. The van der Waals surface area contributed by atoms with Crippen molar-refractivity contribution >= 4 is 5.97 Å². The van der Waals surface area contributed by atoms with Crippen molar-refractivity contribution in [2.45, 2.75) is 64.2 Å². The largest absolute Gasteiger partial charge is 0.490 e. The van der Waals surface area contributed by atoms with E-state index in [1.165, 1.54) is 19.1 Å². The molecule has 3 aromatic carbocycles. The van der Waals surface area contributed by atoms with Gasteiger partial charge in [-0.2, -0.15) is 8.78 Å². The van der Waals surface area contributed by atoms with E-state index in [1.807, 2.05) is 6.92 Å². The number of esters is 1. The van der Waals surface area contributed by atoms with Gasteiger partial charge in [-0.15, -0.1) is 0 Å². The van der Waals surface area contributed by atoms with Gasteiger partial charge in [-0.3, -0.25) is 0 Å². The third-order valence-corrected chi connectivity index (χ3v) is 7.21. The van der Waals surface area contributed by atoms with Crippen molar-refractivity contribution in [2.75, 3.05) is 6.61 Å². The second-order valence-corrected chi connectivity index (χ2v) is 9.76. The lowest BCUT2D eigenvalue weighted by atomic mass is 9.75. The lowest BCUT2D eigenvalue weighted by molar-refractivity contribution is 0.0720. The Morgan fingerprint density at radius 1 is 0.718 bits per heavy atom. The molecule has 0 unspecified atom stereocenters. The molecule has 0 amide bonds. The summed E-state index contributed by atoms with van der Waals surface area (Å²) in [6, 6.07) is 7.43. The van der Waals surface area contributed by atoms with Crippen LogP contribution in [-0.2, 0) is 0 Å². The number of halogens is 6. The van der Waals surface area contributed by atoms with Crippen LogP contribution < -0.4 is 9.47 Å². The highest BCUT2D eigenvalue weighted by Gasteiger charge is 2.30. The van der Waals surface area contributed by atoms with Gasteiger partial charge in [0.25, 0.3) is 0 Å². The van der Waals surface area contributed by atoms with E-state index in [2.05, 4.69) is 0 Å². The minimum absolute atomic E-state index is 0.0621. The molecule has 1 aliphatic carbocycles. The number of unbranched alkanes of at least 4 members (excludes halogenated alkanes) is 1. The first-order valence-corrected chi connectivity index (χ1v) is 12.9. The quantitative estimate of drug-likeness (QED) is 0.122. The lowest BCUT2D eigenvalue weighted by Gasteiger charge is -2.29. The summed E-state index contributed by atoms with van der Waals surface area (Å²) >= 11 is 0. The highest BCUT2D eigenvalue weighted by Crippen LogP contribution is 2.43. The summed E-state index contributed by atoms with van der Waals surface area (Å²) in [6.45, 7) is 3.54. The maximum Gasteiger partial charge on any atom is 0.346 e. The van der Waals surface area contributed by atoms with Gasteiger partial charge in [0, 0.05) is 0 Å². The molecule has 0 radical (unpaired) electrons. The van der Waals surface area contributed by atoms with Crippen molar-refractivity contribution in [3.05, 3.63) is 93.6 Å². The monoisotopic (exact) mass is 550 g/mol. The van der Waals surface area contributed by atoms with Crippen LogP contribution in [0.4, 0.5) is 26.3 Å². The van der Waals surface area contributed by atoms with Crippen LogP contribution in [0.15, 0.2) is 36.4 Å². The number of aryl methyl sites for hydroxylation is 1. The van der Waals surface area contributed by atoms with E-state index in [1.54, 1.807) is 6.07 Å². The van der Waals surface area contributed by atoms with E-state index in [4.69, 9.17) is 9.47 Å². The Morgan fingerprint density at radius 3 is 1.87 bits per heavy atom. The van der Waals surface area contributed by atoms with Crippen LogP contribution in [0.3, 0.4) is 0 Å². The van der Waals surface area contributed by atoms with E-state index in [0.717, 1.165) is 24.6 Å². The van der Waals surface area contributed by atoms with E-state index in [0.29, 0.717) is 32.1 Å². The molecule has 3 nitrogen and oxygen atoms in total. The van der Waals surface area contributed by atoms with Crippen molar-refractivity contribution in [1.82, 2.24) is 0 Å². The first-order chi connectivity index (χ1) is 18.6. The standard InChI is InChI=1S/C30H28F6O3/c1-3-4-15-38-22-13-12-21(27(34)28(22)35)30(37)39-23-14-11-20(26(33)29(23)36)18-8-6-17(7-9-18)19-10-5-16(2)24(31)25(19)32/h5,10-14,17-18H,3-4,6-9,15H2,1-2H3. The summed E-state index contributed by atoms with van der Waals surface area (Å²) in [6.07, 6.45) is 3.12. The molecule has 0 heterocycles. The first-order valence-electron chi connectivity index (χ1n) is 12.9. The van der Waals surface area contributed by atoms with Crippen molar-refractivity contribution in [3.8, 4) is 11.5 Å². The molecular weight excluding hydrogens is 522 g/mol. The molecule has 0 aromatic heterocycles. The van der Waals surface area contributed by atoms with Crippen LogP contribution in [0.5, 0.6) is 11.5 Å². The average Bonchev–Trinajstić information content (AvgIpc) is 2.93. The van der Waals surface area contributed by atoms with Gasteiger partial charge in [0.1, 0.15) is 0 Å². The molecule has 4 rings (SSSR count). The fourth-order valence-corrected chi connectivity index (χ4v) is 4.91. The molecule has 1 fully saturated rings. The zero-order chi connectivity index (χ0) is 28.3. The number of carbonyl (C=O) groups excluding carboxylic acids is 1. The zero-order valence-corrected chi connectivity index (χ0v) is 21.6. The Hall–Kier alpha value is -3.49. The van der Waals surface area contributed by atoms with Gasteiger partial charge in [0.15, 0.2) is 34.8 Å². The van der Waals surface area contributed by atoms with Crippen LogP contribution in [0.1, 0.15) is 84.3 Å². The minimum atomic E-state index is -1.52. The lowest BCUT2D eigenvalue weighted by Crippen LogP contribution is -2.16. The summed E-state index contributed by atoms with van der Waals surface area (Å²) < 4.78 is 97.0. The smallest absolute Gasteiger partial charge is 0.346 e. The summed E-state index contributed by atoms with van der Waals surface area (Å²) in [5.41, 5.74) is -0.247. The second-order valence-electron chi connectivity index (χ2n) is 9.76. The van der Waals surface area contributed by atoms with Crippen LogP contribution in [-0.4, -0.2) is 12.6 Å². The third-order valence-electron chi connectivity index (χ3n) is 7.21. The number of hydrogen-bond acceptors (Lipinski definition) is 3. The topological polar surface area (TPSA) is 35.5 Å². The van der Waals surface area contributed by atoms with Gasteiger partial charge in [0.2, 0.25) is 11.6 Å². The number of carbonyl (C=O) groups is 1. The molecule has 0 N–H and O–H groups in total. The van der Waals surface area contributed by atoms with Crippen LogP contribution in [0.2, 0.25) is 0 Å². The van der Waals surface area contributed by atoms with E-state index >= 15 is 0 Å². The number of rotatable bonds is 8. The summed E-state index contributed by atoms with van der Waals surface area (Å²) in [5, 5.41) is 0.